The van der Waals surface area contributed by atoms with Gasteiger partial charge in [0.1, 0.15) is 5.25 Å². The van der Waals surface area contributed by atoms with Gasteiger partial charge in [0.25, 0.3) is 0 Å². The van der Waals surface area contributed by atoms with Gasteiger partial charge in [-0.05, 0) is 38.1 Å². The molecule has 0 saturated carbocycles. The number of carbonyl (C=O) groups is 3. The number of benzene rings is 1. The summed E-state index contributed by atoms with van der Waals surface area (Å²) >= 11 is 1.26. The molecule has 1 fully saturated rings. The van der Waals surface area contributed by atoms with Gasteiger partial charge in [0.05, 0.1) is 0 Å². The highest BCUT2D eigenvalue weighted by atomic mass is 32.2. The summed E-state index contributed by atoms with van der Waals surface area (Å²) in [5.41, 5.74) is 1.05. The lowest BCUT2D eigenvalue weighted by molar-refractivity contribution is -0.128. The Balaban J connectivity index is 1.69. The van der Waals surface area contributed by atoms with Gasteiger partial charge >= 0.3 is 0 Å². The number of thioether (sulfide) groups is 1. The van der Waals surface area contributed by atoms with Gasteiger partial charge in [-0.1, -0.05) is 30.0 Å². The largest absolute Gasteiger partial charge is 0.326 e. The number of amides is 2. The molecule has 2 aromatic rings. The second kappa shape index (κ2) is 8.79. The zero-order valence-corrected chi connectivity index (χ0v) is 16.4. The van der Waals surface area contributed by atoms with Crippen LogP contribution < -0.4 is 5.32 Å². The normalized spacial score (nSPS) is 17.8. The van der Waals surface area contributed by atoms with E-state index in [0.717, 1.165) is 0 Å². The van der Waals surface area contributed by atoms with Gasteiger partial charge in [-0.2, -0.15) is 0 Å². The van der Waals surface area contributed by atoms with E-state index in [1.165, 1.54) is 18.7 Å². The Morgan fingerprint density at radius 3 is 2.75 bits per heavy atom. The molecule has 1 aliphatic heterocycles. The second-order valence-electron chi connectivity index (χ2n) is 6.16. The summed E-state index contributed by atoms with van der Waals surface area (Å²) in [4.78, 5) is 46.7. The van der Waals surface area contributed by atoms with Crippen molar-refractivity contribution in [1.82, 2.24) is 9.88 Å². The molecule has 28 heavy (non-hydrogen) atoms. The van der Waals surface area contributed by atoms with Gasteiger partial charge < -0.3 is 5.32 Å². The molecular weight excluding hydrogens is 376 g/mol. The Morgan fingerprint density at radius 1 is 1.25 bits per heavy atom. The molecule has 1 N–H and O–H groups in total. The number of ketones is 1. The lowest BCUT2D eigenvalue weighted by Crippen LogP contribution is -2.33. The molecule has 1 aliphatic rings. The summed E-state index contributed by atoms with van der Waals surface area (Å²) in [6.07, 6.45) is 1.66. The Bertz CT molecular complexity index is 930. The molecule has 1 saturated heterocycles. The Labute approximate surface area is 167 Å². The fourth-order valence-corrected chi connectivity index (χ4v) is 3.94. The number of nitrogens with zero attached hydrogens (tertiary/aromatic N) is 3. The van der Waals surface area contributed by atoms with E-state index in [0.29, 0.717) is 28.8 Å². The van der Waals surface area contributed by atoms with Crippen LogP contribution in [0.25, 0.3) is 0 Å². The third-order valence-electron chi connectivity index (χ3n) is 4.12. The zero-order chi connectivity index (χ0) is 20.1. The summed E-state index contributed by atoms with van der Waals surface area (Å²) < 4.78 is 0. The molecule has 0 radical (unpaired) electrons. The minimum absolute atomic E-state index is 0.0194. The van der Waals surface area contributed by atoms with Crippen LogP contribution in [0.4, 0.5) is 11.5 Å². The van der Waals surface area contributed by atoms with E-state index in [1.807, 2.05) is 13.0 Å². The molecule has 7 nitrogen and oxygen atoms in total. The predicted octanol–water partition coefficient (Wildman–Crippen LogP) is 3.26. The van der Waals surface area contributed by atoms with Crippen LogP contribution in [0.3, 0.4) is 0 Å². The number of rotatable bonds is 6. The predicted molar refractivity (Wildman–Crippen MR) is 110 cm³/mol. The number of hydrogen-bond donors (Lipinski definition) is 1. The van der Waals surface area contributed by atoms with Crippen LogP contribution in [0.1, 0.15) is 30.6 Å². The van der Waals surface area contributed by atoms with Crippen molar-refractivity contribution in [2.75, 3.05) is 11.9 Å². The van der Waals surface area contributed by atoms with Crippen LogP contribution in [0.5, 0.6) is 0 Å². The van der Waals surface area contributed by atoms with Gasteiger partial charge in [-0.15, -0.1) is 0 Å². The number of amidine groups is 1. The fraction of sp³-hybridized carbons (Fsp3) is 0.250. The average molecular weight is 396 g/mol. The standard InChI is InChI=1S/C20H20N4O3S/c1-3-24-19(27)16(28-20(24)23-17-9-4-5-10-21-17)12-18(26)22-15-8-6-7-14(11-15)13(2)25/h4-11,16H,3,12H2,1-2H3,(H,22,26)/t16-/m0/s1. The maximum Gasteiger partial charge on any atom is 0.242 e. The van der Waals surface area contributed by atoms with Crippen LogP contribution in [-0.2, 0) is 9.59 Å². The van der Waals surface area contributed by atoms with E-state index in [-0.39, 0.29) is 24.0 Å². The first-order chi connectivity index (χ1) is 13.5. The first kappa shape index (κ1) is 19.8. The number of nitrogens with one attached hydrogen (secondary N) is 1. The summed E-state index contributed by atoms with van der Waals surface area (Å²) in [5, 5.41) is 2.76. The first-order valence-electron chi connectivity index (χ1n) is 8.86. The molecule has 2 heterocycles. The minimum Gasteiger partial charge on any atom is -0.326 e. The van der Waals surface area contributed by atoms with E-state index in [4.69, 9.17) is 0 Å². The van der Waals surface area contributed by atoms with Crippen LogP contribution in [0, 0.1) is 0 Å². The molecular formula is C20H20N4O3S. The van der Waals surface area contributed by atoms with Gasteiger partial charge in [0.2, 0.25) is 11.8 Å². The molecule has 1 atom stereocenters. The van der Waals surface area contributed by atoms with E-state index < -0.39 is 5.25 Å². The van der Waals surface area contributed by atoms with E-state index in [1.54, 1.807) is 47.5 Å². The summed E-state index contributed by atoms with van der Waals surface area (Å²) in [6.45, 7) is 3.80. The van der Waals surface area contributed by atoms with E-state index in [2.05, 4.69) is 15.3 Å². The summed E-state index contributed by atoms with van der Waals surface area (Å²) in [6, 6.07) is 12.1. The van der Waals surface area contributed by atoms with Crippen molar-refractivity contribution in [1.29, 1.82) is 0 Å². The third kappa shape index (κ3) is 4.64. The topological polar surface area (TPSA) is 91.7 Å². The van der Waals surface area contributed by atoms with Crippen molar-refractivity contribution in [3.05, 3.63) is 54.2 Å². The SMILES string of the molecule is CCN1C(=O)[C@H](CC(=O)Nc2cccc(C(C)=O)c2)SC1=Nc1ccccn1. The van der Waals surface area contributed by atoms with E-state index >= 15 is 0 Å². The number of carbonyl (C=O) groups excluding carboxylic acids is 3. The fourth-order valence-electron chi connectivity index (χ4n) is 2.73. The third-order valence-corrected chi connectivity index (χ3v) is 5.29. The first-order valence-corrected chi connectivity index (χ1v) is 9.74. The minimum atomic E-state index is -0.543. The molecule has 8 heteroatoms. The maximum atomic E-state index is 12.6. The van der Waals surface area contributed by atoms with Crippen molar-refractivity contribution in [2.45, 2.75) is 25.5 Å². The van der Waals surface area contributed by atoms with Crippen molar-refractivity contribution in [2.24, 2.45) is 4.99 Å². The molecule has 1 aromatic carbocycles. The number of aliphatic imine (C=N–C) groups is 1. The molecule has 0 bridgehead atoms. The molecule has 1 aromatic heterocycles. The van der Waals surface area contributed by atoms with Gasteiger partial charge in [-0.25, -0.2) is 9.98 Å². The summed E-state index contributed by atoms with van der Waals surface area (Å²) in [5.74, 6) is 0.00509. The zero-order valence-electron chi connectivity index (χ0n) is 15.6. The molecule has 144 valence electrons. The molecule has 0 unspecified atom stereocenters. The Hall–Kier alpha value is -3.00. The molecule has 0 spiro atoms. The van der Waals surface area contributed by atoms with Crippen molar-refractivity contribution < 1.29 is 14.4 Å². The second-order valence-corrected chi connectivity index (χ2v) is 7.33. The number of aromatic nitrogens is 1. The van der Waals surface area contributed by atoms with Crippen LogP contribution in [0.15, 0.2) is 53.7 Å². The van der Waals surface area contributed by atoms with Crippen molar-refractivity contribution in [3.63, 3.8) is 0 Å². The highest BCUT2D eigenvalue weighted by molar-refractivity contribution is 8.15. The number of hydrogen-bond acceptors (Lipinski definition) is 6. The monoisotopic (exact) mass is 396 g/mol. The van der Waals surface area contributed by atoms with Crippen LogP contribution >= 0.6 is 11.8 Å². The number of anilines is 1. The van der Waals surface area contributed by atoms with E-state index in [9.17, 15) is 14.4 Å². The lowest BCUT2D eigenvalue weighted by Gasteiger charge is -2.13. The molecule has 0 aliphatic carbocycles. The summed E-state index contributed by atoms with van der Waals surface area (Å²) in [7, 11) is 0. The van der Waals surface area contributed by atoms with Gasteiger partial charge in [0.15, 0.2) is 16.8 Å². The smallest absolute Gasteiger partial charge is 0.242 e. The number of Topliss-reactive ketones (excluding diaryl/α,β-unsaturated/α-hetero) is 1. The number of pyridine rings is 1. The van der Waals surface area contributed by atoms with Crippen LogP contribution in [0.2, 0.25) is 0 Å². The highest BCUT2D eigenvalue weighted by Gasteiger charge is 2.38. The van der Waals surface area contributed by atoms with Gasteiger partial charge in [-0.3, -0.25) is 19.3 Å². The average Bonchev–Trinajstić information content (AvgIpc) is 2.96. The van der Waals surface area contributed by atoms with Crippen LogP contribution in [-0.4, -0.2) is 44.4 Å². The molecule has 2 amide bonds. The quantitative estimate of drug-likeness (QED) is 0.757. The lowest BCUT2D eigenvalue weighted by atomic mass is 10.1. The highest BCUT2D eigenvalue weighted by Crippen LogP contribution is 2.31. The Morgan fingerprint density at radius 2 is 2.07 bits per heavy atom. The van der Waals surface area contributed by atoms with Gasteiger partial charge in [0, 0.05) is 30.4 Å². The maximum absolute atomic E-state index is 12.6. The van der Waals surface area contributed by atoms with Crippen molar-refractivity contribution >= 4 is 46.0 Å². The Kier molecular flexibility index (Phi) is 6.20. The van der Waals surface area contributed by atoms with Crippen molar-refractivity contribution in [3.8, 4) is 0 Å². The molecule has 3 rings (SSSR count).